The van der Waals surface area contributed by atoms with Crippen molar-refractivity contribution >= 4 is 11.8 Å². The van der Waals surface area contributed by atoms with Gasteiger partial charge in [0, 0.05) is 25.9 Å². The lowest BCUT2D eigenvalue weighted by Crippen LogP contribution is -2.62. The highest BCUT2D eigenvalue weighted by Gasteiger charge is 2.66. The SMILES string of the molecule is C[C@H](CCC(=O)NCCCNCCCCNC(=O)CC[C@@H](C)[C@@H]1CC[C@H]2C3[C@H](O)CC4C[C@H](O)CC[C@]4(C)[C@H]3C[C@H](O)[C@@]21C)[C@H]1CCC2[C@@H]3CC[C@@H]4CCCC[C@]4(C)C3CC[C@@]21C. The van der Waals surface area contributed by atoms with Crippen molar-refractivity contribution in [3.63, 3.8) is 0 Å². The fourth-order valence-corrected chi connectivity index (χ4v) is 18.9. The van der Waals surface area contributed by atoms with E-state index in [2.05, 4.69) is 57.5 Å². The molecule has 8 aliphatic rings. The molecule has 0 aromatic rings. The van der Waals surface area contributed by atoms with Crippen LogP contribution in [0.25, 0.3) is 0 Å². The summed E-state index contributed by atoms with van der Waals surface area (Å²) < 4.78 is 0. The van der Waals surface area contributed by atoms with Crippen LogP contribution in [0.5, 0.6) is 0 Å². The number of hydrogen-bond acceptors (Lipinski definition) is 6. The van der Waals surface area contributed by atoms with Crippen molar-refractivity contribution in [1.29, 1.82) is 0 Å². The number of amides is 2. The molecule has 63 heavy (non-hydrogen) atoms. The molecule has 0 bridgehead atoms. The average molecular weight is 878 g/mol. The quantitative estimate of drug-likeness (QED) is 0.0808. The molecule has 0 heterocycles. The second-order valence-electron chi connectivity index (χ2n) is 25.2. The number of aliphatic hydroxyl groups excluding tert-OH is 3. The Hall–Kier alpha value is -1.22. The van der Waals surface area contributed by atoms with Crippen LogP contribution in [-0.4, -0.2) is 71.6 Å². The molecule has 6 N–H and O–H groups in total. The molecule has 19 atom stereocenters. The van der Waals surface area contributed by atoms with Crippen molar-refractivity contribution in [1.82, 2.24) is 16.0 Å². The van der Waals surface area contributed by atoms with E-state index in [1.54, 1.807) is 0 Å². The zero-order valence-electron chi connectivity index (χ0n) is 41.1. The zero-order chi connectivity index (χ0) is 44.7. The average Bonchev–Trinajstić information content (AvgIpc) is 3.81. The van der Waals surface area contributed by atoms with Gasteiger partial charge in [-0.2, -0.15) is 0 Å². The monoisotopic (exact) mass is 878 g/mol. The number of rotatable bonds is 17. The Morgan fingerprint density at radius 3 is 1.95 bits per heavy atom. The molecule has 0 aliphatic heterocycles. The normalized spacial score (nSPS) is 46.3. The molecule has 2 amide bonds. The summed E-state index contributed by atoms with van der Waals surface area (Å²) in [5.74, 6) is 7.43. The minimum atomic E-state index is -0.388. The molecule has 8 heteroatoms. The van der Waals surface area contributed by atoms with Crippen LogP contribution in [0.1, 0.15) is 196 Å². The molecular weight excluding hydrogens is 783 g/mol. The van der Waals surface area contributed by atoms with Gasteiger partial charge < -0.3 is 31.3 Å². The lowest BCUT2D eigenvalue weighted by Gasteiger charge is -2.63. The van der Waals surface area contributed by atoms with Crippen molar-refractivity contribution in [2.24, 2.45) is 92.7 Å². The summed E-state index contributed by atoms with van der Waals surface area (Å²) >= 11 is 0. The predicted octanol–water partition coefficient (Wildman–Crippen LogP) is 9.82. The van der Waals surface area contributed by atoms with E-state index in [0.717, 1.165) is 126 Å². The van der Waals surface area contributed by atoms with E-state index >= 15 is 0 Å². The van der Waals surface area contributed by atoms with Crippen LogP contribution in [-0.2, 0) is 9.59 Å². The third-order valence-corrected chi connectivity index (χ3v) is 22.5. The Bertz CT molecular complexity index is 1560. The Morgan fingerprint density at radius 2 is 1.19 bits per heavy atom. The predicted molar refractivity (Wildman–Crippen MR) is 253 cm³/mol. The van der Waals surface area contributed by atoms with Crippen LogP contribution >= 0.6 is 0 Å². The maximum atomic E-state index is 12.9. The minimum Gasteiger partial charge on any atom is -0.393 e. The Morgan fingerprint density at radius 1 is 0.571 bits per heavy atom. The number of fused-ring (bicyclic) bond motifs is 10. The molecule has 0 spiro atoms. The van der Waals surface area contributed by atoms with Crippen LogP contribution in [0, 0.1) is 92.7 Å². The van der Waals surface area contributed by atoms with Crippen LogP contribution in [0.15, 0.2) is 0 Å². The molecule has 360 valence electrons. The van der Waals surface area contributed by atoms with Gasteiger partial charge in [0.15, 0.2) is 0 Å². The molecule has 8 aliphatic carbocycles. The summed E-state index contributed by atoms with van der Waals surface area (Å²) in [7, 11) is 0. The van der Waals surface area contributed by atoms with Gasteiger partial charge in [0.25, 0.3) is 0 Å². The largest absolute Gasteiger partial charge is 0.393 e. The molecule has 0 aromatic heterocycles. The third kappa shape index (κ3) is 9.24. The van der Waals surface area contributed by atoms with Crippen LogP contribution in [0.3, 0.4) is 0 Å². The van der Waals surface area contributed by atoms with Gasteiger partial charge in [-0.3, -0.25) is 9.59 Å². The first-order valence-electron chi connectivity index (χ1n) is 27.4. The first-order valence-corrected chi connectivity index (χ1v) is 27.4. The van der Waals surface area contributed by atoms with Gasteiger partial charge in [0.1, 0.15) is 0 Å². The minimum absolute atomic E-state index is 0.0882. The van der Waals surface area contributed by atoms with E-state index in [4.69, 9.17) is 0 Å². The van der Waals surface area contributed by atoms with Gasteiger partial charge in [-0.25, -0.2) is 0 Å². The second kappa shape index (κ2) is 19.8. The molecule has 4 unspecified atom stereocenters. The second-order valence-corrected chi connectivity index (χ2v) is 25.2. The van der Waals surface area contributed by atoms with Crippen molar-refractivity contribution in [3.8, 4) is 0 Å². The van der Waals surface area contributed by atoms with E-state index < -0.39 is 0 Å². The van der Waals surface area contributed by atoms with Gasteiger partial charge in [-0.05, 0) is 234 Å². The zero-order valence-corrected chi connectivity index (χ0v) is 41.1. The van der Waals surface area contributed by atoms with E-state index in [9.17, 15) is 24.9 Å². The van der Waals surface area contributed by atoms with E-state index in [1.807, 2.05) is 0 Å². The number of aliphatic hydroxyl groups is 3. The Kier molecular flexibility index (Phi) is 15.2. The van der Waals surface area contributed by atoms with E-state index in [1.165, 1.54) is 64.2 Å². The maximum Gasteiger partial charge on any atom is 0.220 e. The van der Waals surface area contributed by atoms with Crippen LogP contribution in [0.2, 0.25) is 0 Å². The summed E-state index contributed by atoms with van der Waals surface area (Å²) in [5.41, 5.74) is 0.949. The number of carbonyl (C=O) groups excluding carboxylic acids is 2. The van der Waals surface area contributed by atoms with Gasteiger partial charge in [-0.15, -0.1) is 0 Å². The van der Waals surface area contributed by atoms with Gasteiger partial charge in [0.2, 0.25) is 11.8 Å². The van der Waals surface area contributed by atoms with Crippen LogP contribution < -0.4 is 16.0 Å². The van der Waals surface area contributed by atoms with E-state index in [-0.39, 0.29) is 46.9 Å². The standard InChI is InChI=1S/C55H95N3O5/c1-35(41-17-19-43-40-16-15-37-12-7-8-25-52(37,3)44(40)24-27-54(41,43)5)13-21-50(63)58-31-11-29-56-28-9-10-30-57-49(62)22-14-36(2)42-18-20-45-51-46(34-48(61)55(42,45)6)53(4)26-23-39(59)32-38(53)33-47(51)60/h35-48,51,56,59-61H,7-34H2,1-6H3,(H,57,62)(H,58,63)/t35-,36-,37+,38?,39-,40+,41-,42+,43?,44?,45+,46+,47-,48+,51?,52+,53+,54-,55-/m1/s1. The molecule has 8 saturated carbocycles. The first-order chi connectivity index (χ1) is 30.1. The molecular formula is C55H95N3O5. The summed E-state index contributed by atoms with van der Waals surface area (Å²) in [6, 6.07) is 0. The highest BCUT2D eigenvalue weighted by Crippen LogP contribution is 2.70. The summed E-state index contributed by atoms with van der Waals surface area (Å²) in [6.07, 6.45) is 25.8. The van der Waals surface area contributed by atoms with Gasteiger partial charge >= 0.3 is 0 Å². The Labute approximate surface area is 384 Å². The van der Waals surface area contributed by atoms with E-state index in [0.29, 0.717) is 65.7 Å². The Balaban J connectivity index is 0.659. The number of nitrogens with one attached hydrogen (secondary N) is 3. The molecule has 0 aromatic carbocycles. The lowest BCUT2D eigenvalue weighted by molar-refractivity contribution is -0.207. The fraction of sp³-hybridized carbons (Fsp3) is 0.964. The molecule has 8 fully saturated rings. The third-order valence-electron chi connectivity index (χ3n) is 22.5. The van der Waals surface area contributed by atoms with Crippen molar-refractivity contribution in [3.05, 3.63) is 0 Å². The number of unbranched alkanes of at least 4 members (excludes halogenated alkanes) is 1. The van der Waals surface area contributed by atoms with Crippen molar-refractivity contribution < 1.29 is 24.9 Å². The molecule has 0 saturated heterocycles. The topological polar surface area (TPSA) is 131 Å². The number of carbonyl (C=O) groups is 2. The smallest absolute Gasteiger partial charge is 0.220 e. The molecule has 0 radical (unpaired) electrons. The maximum absolute atomic E-state index is 12.9. The summed E-state index contributed by atoms with van der Waals surface area (Å²) in [5, 5.41) is 43.8. The molecule has 8 nitrogen and oxygen atoms in total. The van der Waals surface area contributed by atoms with Gasteiger partial charge in [0.05, 0.1) is 18.3 Å². The first kappa shape index (κ1) is 48.2. The highest BCUT2D eigenvalue weighted by atomic mass is 16.3. The summed E-state index contributed by atoms with van der Waals surface area (Å²) in [6.45, 7) is 18.0. The van der Waals surface area contributed by atoms with Crippen molar-refractivity contribution in [2.75, 3.05) is 26.2 Å². The summed E-state index contributed by atoms with van der Waals surface area (Å²) in [4.78, 5) is 25.8. The van der Waals surface area contributed by atoms with Gasteiger partial charge in [-0.1, -0.05) is 54.4 Å². The van der Waals surface area contributed by atoms with Crippen molar-refractivity contribution in [2.45, 2.75) is 214 Å². The molecule has 8 rings (SSSR count). The highest BCUT2D eigenvalue weighted by molar-refractivity contribution is 5.76. The number of hydrogen-bond donors (Lipinski definition) is 6. The fourth-order valence-electron chi connectivity index (χ4n) is 18.9. The van der Waals surface area contributed by atoms with Crippen LogP contribution in [0.4, 0.5) is 0 Å². The lowest BCUT2D eigenvalue weighted by atomic mass is 9.43.